The third-order valence-corrected chi connectivity index (χ3v) is 1.65. The van der Waals surface area contributed by atoms with Gasteiger partial charge < -0.3 is 1.43 Å². The third kappa shape index (κ3) is 3.97. The fourth-order valence-electron chi connectivity index (χ4n) is 0.945. The van der Waals surface area contributed by atoms with Crippen LogP contribution in [0.2, 0.25) is 0 Å². The molecule has 0 atom stereocenters. The number of allylic oxidation sites excluding steroid dienone is 2. The molecule has 0 aliphatic heterocycles. The van der Waals surface area contributed by atoms with E-state index in [1.54, 1.807) is 0 Å². The topological polar surface area (TPSA) is 143 Å². The van der Waals surface area contributed by atoms with E-state index in [4.69, 9.17) is 31.6 Å². The maximum Gasteiger partial charge on any atom is 1.00 e. The van der Waals surface area contributed by atoms with Gasteiger partial charge in [0.15, 0.2) is 11.8 Å². The Morgan fingerprint density at radius 3 is 1.18 bits per heavy atom. The minimum absolute atomic E-state index is 0. The summed E-state index contributed by atoms with van der Waals surface area (Å²) < 4.78 is 0. The van der Waals surface area contributed by atoms with E-state index in [2.05, 4.69) is 0 Å². The first-order valence-corrected chi connectivity index (χ1v) is 3.82. The number of hydrogen-bond donors (Lipinski definition) is 0. The van der Waals surface area contributed by atoms with Crippen molar-refractivity contribution in [3.63, 3.8) is 0 Å². The molecular weight excluding hydrogens is 227 g/mol. The van der Waals surface area contributed by atoms with Crippen LogP contribution in [0.5, 0.6) is 0 Å². The van der Waals surface area contributed by atoms with Crippen molar-refractivity contribution in [2.45, 2.75) is 0 Å². The Morgan fingerprint density at radius 1 is 0.706 bits per heavy atom. The summed E-state index contributed by atoms with van der Waals surface area (Å²) in [5.41, 5.74) is -0.888. The van der Waals surface area contributed by atoms with Crippen LogP contribution in [0.4, 0.5) is 0 Å². The Hall–Kier alpha value is -2.32. The van der Waals surface area contributed by atoms with E-state index in [-0.39, 0.29) is 36.6 Å². The average molecular weight is 230 g/mol. The largest absolute Gasteiger partial charge is 1.00 e. The minimum Gasteiger partial charge on any atom is -1.00 e. The molecule has 0 saturated carbocycles. The Bertz CT molecular complexity index is 490. The van der Waals surface area contributed by atoms with Crippen LogP contribution in [0.25, 0.3) is 0 Å². The van der Waals surface area contributed by atoms with Crippen LogP contribution in [-0.2, 0) is 0 Å². The van der Waals surface area contributed by atoms with Crippen molar-refractivity contribution in [3.8, 4) is 36.4 Å². The zero-order valence-electron chi connectivity index (χ0n) is 9.84. The van der Waals surface area contributed by atoms with Crippen LogP contribution >= 0.6 is 0 Å². The molecule has 6 nitrogen and oxygen atoms in total. The molecule has 0 aliphatic rings. The smallest absolute Gasteiger partial charge is 1.00 e. The van der Waals surface area contributed by atoms with E-state index >= 15 is 0 Å². The maximum absolute atomic E-state index is 8.63. The third-order valence-electron chi connectivity index (χ3n) is 1.65. The summed E-state index contributed by atoms with van der Waals surface area (Å²) in [5, 5.41) is 51.7. The van der Waals surface area contributed by atoms with Gasteiger partial charge in [0, 0.05) is 5.57 Å². The van der Waals surface area contributed by atoms with Crippen LogP contribution in [-0.4, -0.2) is 0 Å². The number of rotatable bonds is 2. The summed E-state index contributed by atoms with van der Waals surface area (Å²) in [6.45, 7) is 0. The summed E-state index contributed by atoms with van der Waals surface area (Å²) >= 11 is 0. The van der Waals surface area contributed by atoms with Crippen LogP contribution in [0.15, 0.2) is 11.1 Å². The second-order valence-corrected chi connectivity index (χ2v) is 2.44. The quantitative estimate of drug-likeness (QED) is 0.388. The predicted molar refractivity (Wildman–Crippen MR) is 48.8 cm³/mol. The molecule has 74 valence electrons. The van der Waals surface area contributed by atoms with Gasteiger partial charge in [0.2, 0.25) is 0 Å². The Labute approximate surface area is 122 Å². The number of hydrogen-bond acceptors (Lipinski definition) is 6. The van der Waals surface area contributed by atoms with Crippen molar-refractivity contribution >= 4 is 0 Å². The Morgan fingerprint density at radius 2 is 1.00 bits per heavy atom. The van der Waals surface area contributed by atoms with Gasteiger partial charge in [-0.2, -0.15) is 31.6 Å². The Kier molecular flexibility index (Phi) is 8.99. The van der Waals surface area contributed by atoms with E-state index in [1.165, 1.54) is 36.4 Å². The van der Waals surface area contributed by atoms with Crippen LogP contribution < -0.4 is 29.6 Å². The summed E-state index contributed by atoms with van der Waals surface area (Å²) in [5.74, 6) is -2.89. The molecule has 0 saturated heterocycles. The fourth-order valence-corrected chi connectivity index (χ4v) is 0.945. The van der Waals surface area contributed by atoms with Gasteiger partial charge in [0.1, 0.15) is 17.7 Å². The summed E-state index contributed by atoms with van der Waals surface area (Å²) in [4.78, 5) is 0. The molecule has 0 fully saturated rings. The van der Waals surface area contributed by atoms with Crippen molar-refractivity contribution in [1.82, 2.24) is 0 Å². The zero-order chi connectivity index (χ0) is 12.6. The number of nitriles is 6. The van der Waals surface area contributed by atoms with Crippen molar-refractivity contribution < 1.29 is 31.0 Å². The van der Waals surface area contributed by atoms with E-state index in [1.807, 2.05) is 0 Å². The maximum atomic E-state index is 8.63. The second kappa shape index (κ2) is 8.95. The first-order chi connectivity index (χ1) is 7.69. The predicted octanol–water partition coefficient (Wildman–Crippen LogP) is -2.23. The monoisotopic (exact) mass is 230 g/mol. The van der Waals surface area contributed by atoms with Gasteiger partial charge in [-0.15, -0.1) is 0 Å². The van der Waals surface area contributed by atoms with Gasteiger partial charge in [0.05, 0.1) is 24.3 Å². The first kappa shape index (κ1) is 17.1. The standard InChI is InChI=1S/C10H2N6.Na.H/c11-1-7(2-12)10(8(3-13)4-14)9(5-15)6-16;;/h7-8H;;/q;+1;-1. The molecule has 0 aromatic carbocycles. The van der Waals surface area contributed by atoms with Gasteiger partial charge in [-0.1, -0.05) is 0 Å². The van der Waals surface area contributed by atoms with Gasteiger partial charge >= 0.3 is 29.6 Å². The molecule has 0 aliphatic carbocycles. The molecule has 0 aromatic rings. The second-order valence-electron chi connectivity index (χ2n) is 2.44. The molecule has 0 N–H and O–H groups in total. The summed E-state index contributed by atoms with van der Waals surface area (Å²) in [6, 6.07) is 9.03. The molecule has 7 heteroatoms. The molecule has 17 heavy (non-hydrogen) atoms. The molecular formula is C10H3N6Na. The van der Waals surface area contributed by atoms with Crippen LogP contribution in [0, 0.1) is 79.8 Å². The van der Waals surface area contributed by atoms with Crippen LogP contribution in [0.1, 0.15) is 1.43 Å². The van der Waals surface area contributed by atoms with E-state index in [9.17, 15) is 0 Å². The molecule has 0 heterocycles. The van der Waals surface area contributed by atoms with Crippen LogP contribution in [0.3, 0.4) is 0 Å². The zero-order valence-corrected chi connectivity index (χ0v) is 10.8. The molecule has 0 rings (SSSR count). The summed E-state index contributed by atoms with van der Waals surface area (Å²) in [7, 11) is 0. The van der Waals surface area contributed by atoms with Gasteiger partial charge in [-0.25, -0.2) is 0 Å². The van der Waals surface area contributed by atoms with Crippen molar-refractivity contribution in [2.75, 3.05) is 0 Å². The Balaban J connectivity index is -0.00000112. The molecule has 0 radical (unpaired) electrons. The van der Waals surface area contributed by atoms with E-state index in [0.717, 1.165) is 0 Å². The molecule has 0 amide bonds. The van der Waals surface area contributed by atoms with Gasteiger partial charge in [-0.3, -0.25) is 0 Å². The van der Waals surface area contributed by atoms with Gasteiger partial charge in [-0.05, 0) is 0 Å². The van der Waals surface area contributed by atoms with E-state index < -0.39 is 17.4 Å². The SMILES string of the molecule is N#CC(C#N)=C(C(C#N)C#N)C(C#N)C#N.[H-].[Na+]. The molecule has 0 spiro atoms. The molecule has 0 aromatic heterocycles. The fraction of sp³-hybridized carbons (Fsp3) is 0.200. The van der Waals surface area contributed by atoms with E-state index in [0.29, 0.717) is 0 Å². The first-order valence-electron chi connectivity index (χ1n) is 3.82. The molecule has 0 bridgehead atoms. The normalized spacial score (nSPS) is 7.06. The average Bonchev–Trinajstić information content (AvgIpc) is 2.33. The molecule has 0 unspecified atom stereocenters. The number of nitrogens with zero attached hydrogens (tertiary/aromatic N) is 6. The minimum atomic E-state index is -1.45. The van der Waals surface area contributed by atoms with Gasteiger partial charge in [0.25, 0.3) is 0 Å². The van der Waals surface area contributed by atoms with Crippen molar-refractivity contribution in [2.24, 2.45) is 11.8 Å². The summed E-state index contributed by atoms with van der Waals surface area (Å²) in [6.07, 6.45) is 0. The van der Waals surface area contributed by atoms with Crippen molar-refractivity contribution in [1.29, 1.82) is 31.6 Å². The van der Waals surface area contributed by atoms with Crippen molar-refractivity contribution in [3.05, 3.63) is 11.1 Å².